The maximum Gasteiger partial charge on any atom is 0.338 e. The summed E-state index contributed by atoms with van der Waals surface area (Å²) >= 11 is 0. The molecule has 0 saturated carbocycles. The Morgan fingerprint density at radius 1 is 1.15 bits per heavy atom. The number of nitro groups is 1. The van der Waals surface area contributed by atoms with Crippen molar-refractivity contribution in [2.24, 2.45) is 0 Å². The predicted octanol–water partition coefficient (Wildman–Crippen LogP) is 1.30. The zero-order chi connectivity index (χ0) is 20.0. The maximum atomic E-state index is 12.0. The first-order valence-corrected chi connectivity index (χ1v) is 8.96. The molecule has 2 aromatic carbocycles. The van der Waals surface area contributed by atoms with E-state index in [4.69, 9.17) is 4.74 Å². The normalized spacial score (nSPS) is 10.9. The van der Waals surface area contributed by atoms with Crippen molar-refractivity contribution in [1.82, 2.24) is 4.72 Å². The number of rotatable bonds is 7. The van der Waals surface area contributed by atoms with Crippen molar-refractivity contribution >= 4 is 33.3 Å². The number of benzene rings is 2. The Hall–Kier alpha value is -3.31. The molecule has 0 atom stereocenters. The van der Waals surface area contributed by atoms with Crippen LogP contribution in [-0.2, 0) is 19.6 Å². The van der Waals surface area contributed by atoms with E-state index in [0.29, 0.717) is 0 Å². The topological polar surface area (TPSA) is 145 Å². The smallest absolute Gasteiger partial charge is 0.338 e. The number of carbonyl (C=O) groups excluding carboxylic acids is 2. The number of nitrogens with zero attached hydrogens (tertiary/aromatic N) is 1. The number of carbonyl (C=O) groups is 2. The first kappa shape index (κ1) is 20.0. The number of esters is 1. The standard InChI is InChI=1S/C16H15N3O7S/c1-17-27(24,25)14-7-2-4-11(8-14)16(21)26-10-15(20)18-12-5-3-6-13(9-12)19(22)23/h2-9,17H,10H2,1H3,(H,18,20). The van der Waals surface area contributed by atoms with Crippen LogP contribution in [-0.4, -0.2) is 38.9 Å². The number of hydrogen-bond acceptors (Lipinski definition) is 7. The molecule has 1 amide bonds. The van der Waals surface area contributed by atoms with Gasteiger partial charge in [-0.1, -0.05) is 12.1 Å². The van der Waals surface area contributed by atoms with E-state index in [1.165, 1.54) is 43.4 Å². The van der Waals surface area contributed by atoms with Crippen LogP contribution in [0.5, 0.6) is 0 Å². The van der Waals surface area contributed by atoms with Crippen LogP contribution in [0.4, 0.5) is 11.4 Å². The lowest BCUT2D eigenvalue weighted by Gasteiger charge is -2.08. The second-order valence-electron chi connectivity index (χ2n) is 5.17. The highest BCUT2D eigenvalue weighted by atomic mass is 32.2. The van der Waals surface area contributed by atoms with E-state index < -0.39 is 33.4 Å². The van der Waals surface area contributed by atoms with E-state index in [2.05, 4.69) is 10.0 Å². The van der Waals surface area contributed by atoms with Gasteiger partial charge < -0.3 is 10.1 Å². The van der Waals surface area contributed by atoms with Crippen LogP contribution in [0.1, 0.15) is 10.4 Å². The molecule has 0 aromatic heterocycles. The first-order valence-electron chi connectivity index (χ1n) is 7.48. The minimum Gasteiger partial charge on any atom is -0.452 e. The van der Waals surface area contributed by atoms with Crippen LogP contribution < -0.4 is 10.0 Å². The summed E-state index contributed by atoms with van der Waals surface area (Å²) in [5, 5.41) is 13.1. The average Bonchev–Trinajstić information content (AvgIpc) is 2.66. The van der Waals surface area contributed by atoms with Crippen molar-refractivity contribution < 1.29 is 27.7 Å². The number of anilines is 1. The minimum atomic E-state index is -3.73. The number of sulfonamides is 1. The molecule has 0 spiro atoms. The molecule has 2 aromatic rings. The fraction of sp³-hybridized carbons (Fsp3) is 0.125. The van der Waals surface area contributed by atoms with Crippen LogP contribution in [0, 0.1) is 10.1 Å². The summed E-state index contributed by atoms with van der Waals surface area (Å²) < 4.78 is 30.5. The van der Waals surface area contributed by atoms with Gasteiger partial charge in [0.15, 0.2) is 6.61 Å². The Labute approximate surface area is 154 Å². The van der Waals surface area contributed by atoms with Gasteiger partial charge in [0, 0.05) is 17.8 Å². The summed E-state index contributed by atoms with van der Waals surface area (Å²) in [6, 6.07) is 10.4. The van der Waals surface area contributed by atoms with Crippen LogP contribution >= 0.6 is 0 Å². The van der Waals surface area contributed by atoms with Crippen molar-refractivity contribution in [2.75, 3.05) is 19.0 Å². The Bertz CT molecular complexity index is 989. The van der Waals surface area contributed by atoms with E-state index in [-0.39, 0.29) is 21.8 Å². The molecule has 0 fully saturated rings. The van der Waals surface area contributed by atoms with Crippen molar-refractivity contribution in [3.63, 3.8) is 0 Å². The molecule has 0 aliphatic carbocycles. The number of amides is 1. The third-order valence-corrected chi connectivity index (χ3v) is 4.74. The highest BCUT2D eigenvalue weighted by Gasteiger charge is 2.16. The third kappa shape index (κ3) is 5.33. The lowest BCUT2D eigenvalue weighted by molar-refractivity contribution is -0.384. The molecular weight excluding hydrogens is 378 g/mol. The largest absolute Gasteiger partial charge is 0.452 e. The van der Waals surface area contributed by atoms with Gasteiger partial charge in [-0.05, 0) is 31.3 Å². The van der Waals surface area contributed by atoms with E-state index in [0.717, 1.165) is 12.1 Å². The summed E-state index contributed by atoms with van der Waals surface area (Å²) in [4.78, 5) is 33.8. The molecule has 0 aliphatic rings. The molecule has 2 rings (SSSR count). The lowest BCUT2D eigenvalue weighted by Crippen LogP contribution is -2.21. The van der Waals surface area contributed by atoms with Gasteiger partial charge in [-0.3, -0.25) is 14.9 Å². The van der Waals surface area contributed by atoms with Crippen LogP contribution in [0.25, 0.3) is 0 Å². The average molecular weight is 393 g/mol. The van der Waals surface area contributed by atoms with Gasteiger partial charge in [0.05, 0.1) is 15.4 Å². The molecule has 0 heterocycles. The molecule has 0 unspecified atom stereocenters. The molecule has 11 heteroatoms. The highest BCUT2D eigenvalue weighted by molar-refractivity contribution is 7.89. The molecular formula is C16H15N3O7S. The second kappa shape index (κ2) is 8.38. The van der Waals surface area contributed by atoms with E-state index in [9.17, 15) is 28.1 Å². The highest BCUT2D eigenvalue weighted by Crippen LogP contribution is 2.17. The Balaban J connectivity index is 1.99. The monoisotopic (exact) mass is 393 g/mol. The number of hydrogen-bond donors (Lipinski definition) is 2. The quantitative estimate of drug-likeness (QED) is 0.410. The van der Waals surface area contributed by atoms with Crippen molar-refractivity contribution in [1.29, 1.82) is 0 Å². The van der Waals surface area contributed by atoms with Gasteiger partial charge in [0.25, 0.3) is 11.6 Å². The summed E-state index contributed by atoms with van der Waals surface area (Å²) in [6.07, 6.45) is 0. The van der Waals surface area contributed by atoms with Gasteiger partial charge in [-0.25, -0.2) is 17.9 Å². The van der Waals surface area contributed by atoms with Gasteiger partial charge in [-0.2, -0.15) is 0 Å². The molecule has 27 heavy (non-hydrogen) atoms. The summed E-state index contributed by atoms with van der Waals surface area (Å²) in [6.45, 7) is -0.648. The SMILES string of the molecule is CNS(=O)(=O)c1cccc(C(=O)OCC(=O)Nc2cccc([N+](=O)[O-])c2)c1. The molecule has 0 aliphatic heterocycles. The van der Waals surface area contributed by atoms with Crippen LogP contribution in [0.3, 0.4) is 0 Å². The molecule has 0 radical (unpaired) electrons. The summed E-state index contributed by atoms with van der Waals surface area (Å²) in [5.74, 6) is -1.60. The fourth-order valence-corrected chi connectivity index (χ4v) is 2.79. The van der Waals surface area contributed by atoms with Crippen molar-refractivity contribution in [2.45, 2.75) is 4.90 Å². The minimum absolute atomic E-state index is 0.0468. The number of non-ortho nitro benzene ring substituents is 1. The zero-order valence-electron chi connectivity index (χ0n) is 14.0. The van der Waals surface area contributed by atoms with Gasteiger partial charge in [0.2, 0.25) is 10.0 Å². The van der Waals surface area contributed by atoms with Crippen molar-refractivity contribution in [3.8, 4) is 0 Å². The first-order chi connectivity index (χ1) is 12.7. The van der Waals surface area contributed by atoms with E-state index in [1.54, 1.807) is 0 Å². The van der Waals surface area contributed by atoms with Gasteiger partial charge in [0.1, 0.15) is 0 Å². The Kier molecular flexibility index (Phi) is 6.21. The number of nitrogens with one attached hydrogen (secondary N) is 2. The summed E-state index contributed by atoms with van der Waals surface area (Å²) in [5.41, 5.74) is -0.0748. The number of nitro benzene ring substituents is 1. The van der Waals surface area contributed by atoms with E-state index in [1.807, 2.05) is 0 Å². The predicted molar refractivity (Wildman–Crippen MR) is 94.7 cm³/mol. The number of ether oxygens (including phenoxy) is 1. The fourth-order valence-electron chi connectivity index (χ4n) is 2.02. The van der Waals surface area contributed by atoms with Crippen LogP contribution in [0.15, 0.2) is 53.4 Å². The molecule has 10 nitrogen and oxygen atoms in total. The van der Waals surface area contributed by atoms with E-state index >= 15 is 0 Å². The van der Waals surface area contributed by atoms with Crippen LogP contribution in [0.2, 0.25) is 0 Å². The second-order valence-corrected chi connectivity index (χ2v) is 7.05. The maximum absolute atomic E-state index is 12.0. The zero-order valence-corrected chi connectivity index (χ0v) is 14.9. The van der Waals surface area contributed by atoms with Gasteiger partial charge >= 0.3 is 5.97 Å². The molecule has 0 bridgehead atoms. The Morgan fingerprint density at radius 2 is 1.85 bits per heavy atom. The third-order valence-electron chi connectivity index (χ3n) is 3.32. The van der Waals surface area contributed by atoms with Gasteiger partial charge in [-0.15, -0.1) is 0 Å². The molecule has 142 valence electrons. The molecule has 2 N–H and O–H groups in total. The Morgan fingerprint density at radius 3 is 2.52 bits per heavy atom. The lowest BCUT2D eigenvalue weighted by atomic mass is 10.2. The summed E-state index contributed by atoms with van der Waals surface area (Å²) in [7, 11) is -2.49. The molecule has 0 saturated heterocycles. The van der Waals surface area contributed by atoms with Crippen molar-refractivity contribution in [3.05, 3.63) is 64.2 Å².